The van der Waals surface area contributed by atoms with E-state index in [1.54, 1.807) is 0 Å². The summed E-state index contributed by atoms with van der Waals surface area (Å²) >= 11 is 0. The highest BCUT2D eigenvalue weighted by molar-refractivity contribution is 5.43. The zero-order chi connectivity index (χ0) is 15.8. The first-order valence-electron chi connectivity index (χ1n) is 9.06. The van der Waals surface area contributed by atoms with Gasteiger partial charge in [-0.1, -0.05) is 93.3 Å². The fraction of sp³-hybridized carbons (Fsp3) is 0.455. The molecular formula is C22H26O. The summed E-state index contributed by atoms with van der Waals surface area (Å²) in [4.78, 5) is 0. The lowest BCUT2D eigenvalue weighted by Gasteiger charge is -2.64. The van der Waals surface area contributed by atoms with Crippen LogP contribution in [0.1, 0.15) is 56.6 Å². The quantitative estimate of drug-likeness (QED) is 0.692. The SMILES string of the molecule is C[C@@]12CCCCCC[C@H]1OC2(c1ccccc1)c1ccccc1. The Morgan fingerprint density at radius 3 is 1.96 bits per heavy atom. The predicted molar refractivity (Wildman–Crippen MR) is 94.3 cm³/mol. The fourth-order valence-electron chi connectivity index (χ4n) is 4.84. The van der Waals surface area contributed by atoms with E-state index in [1.165, 1.54) is 49.7 Å². The van der Waals surface area contributed by atoms with E-state index < -0.39 is 0 Å². The van der Waals surface area contributed by atoms with Crippen molar-refractivity contribution < 1.29 is 4.74 Å². The van der Waals surface area contributed by atoms with Crippen molar-refractivity contribution >= 4 is 0 Å². The second-order valence-corrected chi connectivity index (χ2v) is 7.39. The van der Waals surface area contributed by atoms with Crippen LogP contribution in [0.25, 0.3) is 0 Å². The van der Waals surface area contributed by atoms with Crippen LogP contribution in [0.5, 0.6) is 0 Å². The molecule has 1 heterocycles. The summed E-state index contributed by atoms with van der Waals surface area (Å²) in [6.45, 7) is 2.46. The number of rotatable bonds is 2. The molecule has 0 N–H and O–H groups in total. The molecule has 2 atom stereocenters. The summed E-state index contributed by atoms with van der Waals surface area (Å²) in [7, 11) is 0. The molecule has 1 aliphatic carbocycles. The summed E-state index contributed by atoms with van der Waals surface area (Å²) in [6, 6.07) is 21.7. The molecule has 1 saturated carbocycles. The number of benzene rings is 2. The van der Waals surface area contributed by atoms with Crippen molar-refractivity contribution in [3.8, 4) is 0 Å². The molecule has 1 saturated heterocycles. The molecule has 120 valence electrons. The third-order valence-corrected chi connectivity index (χ3v) is 6.11. The minimum absolute atomic E-state index is 0.191. The maximum absolute atomic E-state index is 6.74. The molecule has 0 radical (unpaired) electrons. The number of ether oxygens (including phenoxy) is 1. The molecule has 0 aromatic heterocycles. The van der Waals surface area contributed by atoms with Crippen molar-refractivity contribution in [2.75, 3.05) is 0 Å². The van der Waals surface area contributed by atoms with Crippen molar-refractivity contribution in [3.63, 3.8) is 0 Å². The van der Waals surface area contributed by atoms with Gasteiger partial charge in [0.05, 0.1) is 6.10 Å². The molecule has 2 aromatic rings. The Morgan fingerprint density at radius 2 is 1.35 bits per heavy atom. The molecule has 2 aromatic carbocycles. The number of hydrogen-bond acceptors (Lipinski definition) is 1. The van der Waals surface area contributed by atoms with Crippen LogP contribution in [0.3, 0.4) is 0 Å². The second kappa shape index (κ2) is 5.79. The van der Waals surface area contributed by atoms with Gasteiger partial charge in [-0.2, -0.15) is 0 Å². The maximum atomic E-state index is 6.74. The first-order valence-corrected chi connectivity index (χ1v) is 9.06. The van der Waals surface area contributed by atoms with Crippen molar-refractivity contribution in [2.45, 2.75) is 57.2 Å². The van der Waals surface area contributed by atoms with Gasteiger partial charge in [0.25, 0.3) is 0 Å². The molecular weight excluding hydrogens is 280 g/mol. The Labute approximate surface area is 139 Å². The van der Waals surface area contributed by atoms with Crippen LogP contribution >= 0.6 is 0 Å². The van der Waals surface area contributed by atoms with Gasteiger partial charge in [-0.25, -0.2) is 0 Å². The van der Waals surface area contributed by atoms with Crippen molar-refractivity contribution in [2.24, 2.45) is 5.41 Å². The van der Waals surface area contributed by atoms with Gasteiger partial charge in [-0.3, -0.25) is 0 Å². The average Bonchev–Trinajstić information content (AvgIpc) is 2.60. The highest BCUT2D eigenvalue weighted by Crippen LogP contribution is 2.63. The minimum Gasteiger partial charge on any atom is -0.361 e. The zero-order valence-corrected chi connectivity index (χ0v) is 14.0. The van der Waals surface area contributed by atoms with Crippen LogP contribution in [-0.4, -0.2) is 6.10 Å². The standard InChI is InChI=1S/C22H26O/c1-21-17-11-3-2-10-16-20(21)23-22(21,18-12-6-4-7-13-18)19-14-8-5-9-15-19/h4-9,12-15,20H,2-3,10-11,16-17H2,1H3/t20-,21-/m1/s1. The molecule has 1 heteroatoms. The molecule has 1 nitrogen and oxygen atoms in total. The smallest absolute Gasteiger partial charge is 0.126 e. The highest BCUT2D eigenvalue weighted by atomic mass is 16.5. The van der Waals surface area contributed by atoms with Gasteiger partial charge in [0.1, 0.15) is 5.60 Å². The molecule has 4 rings (SSSR count). The van der Waals surface area contributed by atoms with Crippen LogP contribution < -0.4 is 0 Å². The molecule has 1 aliphatic heterocycles. The summed E-state index contributed by atoms with van der Waals surface area (Å²) in [5.74, 6) is 0. The van der Waals surface area contributed by atoms with Gasteiger partial charge >= 0.3 is 0 Å². The van der Waals surface area contributed by atoms with E-state index in [2.05, 4.69) is 67.6 Å². The van der Waals surface area contributed by atoms with Gasteiger partial charge in [0.2, 0.25) is 0 Å². The zero-order valence-electron chi connectivity index (χ0n) is 14.0. The van der Waals surface area contributed by atoms with E-state index in [0.29, 0.717) is 6.10 Å². The van der Waals surface area contributed by atoms with Gasteiger partial charge in [-0.05, 0) is 24.0 Å². The number of hydrogen-bond donors (Lipinski definition) is 0. The molecule has 2 aliphatic rings. The van der Waals surface area contributed by atoms with Gasteiger partial charge in [-0.15, -0.1) is 0 Å². The van der Waals surface area contributed by atoms with E-state index in [4.69, 9.17) is 4.74 Å². The predicted octanol–water partition coefficient (Wildman–Crippen LogP) is 5.69. The Bertz CT molecular complexity index is 609. The third kappa shape index (κ3) is 2.17. The molecule has 2 fully saturated rings. The normalized spacial score (nSPS) is 29.7. The molecule has 0 unspecified atom stereocenters. The van der Waals surface area contributed by atoms with E-state index in [9.17, 15) is 0 Å². The largest absolute Gasteiger partial charge is 0.361 e. The average molecular weight is 306 g/mol. The van der Waals surface area contributed by atoms with Crippen LogP contribution in [0, 0.1) is 5.41 Å². The second-order valence-electron chi connectivity index (χ2n) is 7.39. The lowest BCUT2D eigenvalue weighted by molar-refractivity contribution is -0.309. The topological polar surface area (TPSA) is 9.23 Å². The van der Waals surface area contributed by atoms with Crippen LogP contribution in [0.4, 0.5) is 0 Å². The van der Waals surface area contributed by atoms with Crippen molar-refractivity contribution in [3.05, 3.63) is 71.8 Å². The molecule has 0 spiro atoms. The molecule has 0 amide bonds. The van der Waals surface area contributed by atoms with Crippen LogP contribution in [0.15, 0.2) is 60.7 Å². The van der Waals surface area contributed by atoms with Gasteiger partial charge in [0.15, 0.2) is 0 Å². The van der Waals surface area contributed by atoms with Crippen LogP contribution in [0.2, 0.25) is 0 Å². The molecule has 23 heavy (non-hydrogen) atoms. The Morgan fingerprint density at radius 1 is 0.783 bits per heavy atom. The molecule has 0 bridgehead atoms. The fourth-order valence-corrected chi connectivity index (χ4v) is 4.84. The lowest BCUT2D eigenvalue weighted by atomic mass is 9.55. The first kappa shape index (κ1) is 15.0. The minimum atomic E-state index is -0.280. The highest BCUT2D eigenvalue weighted by Gasteiger charge is 2.65. The summed E-state index contributed by atoms with van der Waals surface area (Å²) in [5, 5.41) is 0. The van der Waals surface area contributed by atoms with E-state index >= 15 is 0 Å². The van der Waals surface area contributed by atoms with Gasteiger partial charge < -0.3 is 4.74 Å². The Kier molecular flexibility index (Phi) is 3.77. The number of fused-ring (bicyclic) bond motifs is 1. The summed E-state index contributed by atoms with van der Waals surface area (Å²) in [5.41, 5.74) is 2.53. The van der Waals surface area contributed by atoms with Crippen molar-refractivity contribution in [1.29, 1.82) is 0 Å². The third-order valence-electron chi connectivity index (χ3n) is 6.11. The summed E-state index contributed by atoms with van der Waals surface area (Å²) < 4.78 is 6.74. The van der Waals surface area contributed by atoms with E-state index in [-0.39, 0.29) is 11.0 Å². The van der Waals surface area contributed by atoms with Gasteiger partial charge in [0, 0.05) is 5.41 Å². The monoisotopic (exact) mass is 306 g/mol. The maximum Gasteiger partial charge on any atom is 0.126 e. The van der Waals surface area contributed by atoms with E-state index in [0.717, 1.165) is 0 Å². The summed E-state index contributed by atoms with van der Waals surface area (Å²) in [6.07, 6.45) is 8.20. The lowest BCUT2D eigenvalue weighted by Crippen LogP contribution is -2.66. The van der Waals surface area contributed by atoms with E-state index in [1.807, 2.05) is 0 Å². The van der Waals surface area contributed by atoms with Crippen molar-refractivity contribution in [1.82, 2.24) is 0 Å². The van der Waals surface area contributed by atoms with Crippen LogP contribution in [-0.2, 0) is 10.3 Å². The first-order chi connectivity index (χ1) is 11.3. The Balaban J connectivity index is 1.85. The Hall–Kier alpha value is -1.60.